The van der Waals surface area contributed by atoms with E-state index in [-0.39, 0.29) is 5.75 Å². The van der Waals surface area contributed by atoms with Gasteiger partial charge in [0, 0.05) is 31.8 Å². The van der Waals surface area contributed by atoms with Gasteiger partial charge in [-0.15, -0.1) is 0 Å². The number of hydrogen-bond donors (Lipinski definition) is 2. The van der Waals surface area contributed by atoms with Crippen molar-refractivity contribution in [2.75, 3.05) is 20.7 Å². The predicted octanol–water partition coefficient (Wildman–Crippen LogP) is 3.01. The molecule has 1 aromatic rings. The van der Waals surface area contributed by atoms with Gasteiger partial charge in [0.1, 0.15) is 11.5 Å². The highest BCUT2D eigenvalue weighted by Crippen LogP contribution is 2.26. The van der Waals surface area contributed by atoms with Crippen LogP contribution in [0.5, 0.6) is 11.5 Å². The third kappa shape index (κ3) is 7.17. The van der Waals surface area contributed by atoms with Crippen molar-refractivity contribution in [2.45, 2.75) is 33.4 Å². The van der Waals surface area contributed by atoms with Crippen molar-refractivity contribution in [1.82, 2.24) is 10.6 Å². The Morgan fingerprint density at radius 1 is 1.26 bits per heavy atom. The molecule has 5 nitrogen and oxygen atoms in total. The Morgan fingerprint density at radius 3 is 2.57 bits per heavy atom. The smallest absolute Gasteiger partial charge is 0.387 e. The number of nitrogens with one attached hydrogen (secondary N) is 2. The molecule has 0 saturated carbocycles. The van der Waals surface area contributed by atoms with Crippen molar-refractivity contribution in [2.24, 2.45) is 10.9 Å². The Kier molecular flexibility index (Phi) is 8.15. The Hall–Kier alpha value is -2.05. The molecule has 0 fully saturated rings. The molecule has 1 aromatic carbocycles. The van der Waals surface area contributed by atoms with Crippen LogP contribution in [0.1, 0.15) is 25.8 Å². The summed E-state index contributed by atoms with van der Waals surface area (Å²) < 4.78 is 34.6. The fourth-order valence-electron chi connectivity index (χ4n) is 1.89. The summed E-state index contributed by atoms with van der Waals surface area (Å²) in [6, 6.07) is 4.83. The summed E-state index contributed by atoms with van der Waals surface area (Å²) in [4.78, 5) is 4.11. The van der Waals surface area contributed by atoms with Crippen LogP contribution in [0, 0.1) is 5.92 Å². The van der Waals surface area contributed by atoms with Crippen LogP contribution in [0.3, 0.4) is 0 Å². The minimum Gasteiger partial charge on any atom is -0.497 e. The SMILES string of the molecule is CN=C(NCCC(C)C)NCc1ccc(OC)cc1OC(F)F. The summed E-state index contributed by atoms with van der Waals surface area (Å²) in [5, 5.41) is 6.26. The van der Waals surface area contributed by atoms with E-state index in [2.05, 4.69) is 34.2 Å². The molecular weight excluding hydrogens is 304 g/mol. The molecule has 0 aliphatic carbocycles. The van der Waals surface area contributed by atoms with Crippen molar-refractivity contribution in [1.29, 1.82) is 0 Å². The maximum absolute atomic E-state index is 12.5. The summed E-state index contributed by atoms with van der Waals surface area (Å²) >= 11 is 0. The zero-order valence-electron chi connectivity index (χ0n) is 14.0. The Bertz CT molecular complexity index is 508. The maximum atomic E-state index is 12.5. The van der Waals surface area contributed by atoms with Crippen LogP contribution >= 0.6 is 0 Å². The van der Waals surface area contributed by atoms with Crippen LogP contribution in [-0.4, -0.2) is 33.3 Å². The molecule has 7 heteroatoms. The second-order valence-corrected chi connectivity index (χ2v) is 5.39. The van der Waals surface area contributed by atoms with E-state index in [1.165, 1.54) is 13.2 Å². The molecule has 1 rings (SSSR count). The van der Waals surface area contributed by atoms with Gasteiger partial charge in [-0.2, -0.15) is 8.78 Å². The number of alkyl halides is 2. The number of benzene rings is 1. The first-order valence-electron chi connectivity index (χ1n) is 7.52. The molecule has 23 heavy (non-hydrogen) atoms. The predicted molar refractivity (Wildman–Crippen MR) is 87.3 cm³/mol. The zero-order chi connectivity index (χ0) is 17.2. The van der Waals surface area contributed by atoms with Crippen LogP contribution in [0.4, 0.5) is 8.78 Å². The van der Waals surface area contributed by atoms with Gasteiger partial charge in [-0.3, -0.25) is 4.99 Å². The Balaban J connectivity index is 2.67. The van der Waals surface area contributed by atoms with E-state index in [9.17, 15) is 8.78 Å². The van der Waals surface area contributed by atoms with Gasteiger partial charge in [0.05, 0.1) is 7.11 Å². The molecule has 0 unspecified atom stereocenters. The molecule has 130 valence electrons. The lowest BCUT2D eigenvalue weighted by Crippen LogP contribution is -2.37. The summed E-state index contributed by atoms with van der Waals surface area (Å²) in [5.41, 5.74) is 0.595. The lowest BCUT2D eigenvalue weighted by molar-refractivity contribution is -0.0505. The molecule has 0 heterocycles. The molecular formula is C16H25F2N3O2. The average Bonchev–Trinajstić information content (AvgIpc) is 2.50. The van der Waals surface area contributed by atoms with Crippen LogP contribution < -0.4 is 20.1 Å². The third-order valence-corrected chi connectivity index (χ3v) is 3.17. The number of ether oxygens (including phenoxy) is 2. The largest absolute Gasteiger partial charge is 0.497 e. The molecule has 0 aromatic heterocycles. The number of hydrogen-bond acceptors (Lipinski definition) is 3. The molecule has 0 aliphatic rings. The average molecular weight is 329 g/mol. The van der Waals surface area contributed by atoms with E-state index in [4.69, 9.17) is 4.74 Å². The van der Waals surface area contributed by atoms with Crippen molar-refractivity contribution >= 4 is 5.96 Å². The molecule has 0 radical (unpaired) electrons. The van der Waals surface area contributed by atoms with Gasteiger partial charge in [0.15, 0.2) is 5.96 Å². The molecule has 0 atom stereocenters. The van der Waals surface area contributed by atoms with Crippen LogP contribution in [0.25, 0.3) is 0 Å². The molecule has 0 bridgehead atoms. The lowest BCUT2D eigenvalue weighted by Gasteiger charge is -2.15. The second kappa shape index (κ2) is 9.86. The highest BCUT2D eigenvalue weighted by Gasteiger charge is 2.11. The molecule has 2 N–H and O–H groups in total. The topological polar surface area (TPSA) is 54.9 Å². The number of guanidine groups is 1. The van der Waals surface area contributed by atoms with Gasteiger partial charge in [0.25, 0.3) is 0 Å². The summed E-state index contributed by atoms with van der Waals surface area (Å²) in [6.45, 7) is 2.50. The summed E-state index contributed by atoms with van der Waals surface area (Å²) in [6.07, 6.45) is 1.02. The molecule has 0 spiro atoms. The van der Waals surface area contributed by atoms with Gasteiger partial charge >= 0.3 is 6.61 Å². The first-order chi connectivity index (χ1) is 11.0. The molecule has 0 amide bonds. The number of rotatable bonds is 8. The highest BCUT2D eigenvalue weighted by atomic mass is 19.3. The molecule has 0 aliphatic heterocycles. The quantitative estimate of drug-likeness (QED) is 0.569. The van der Waals surface area contributed by atoms with Crippen molar-refractivity contribution in [3.8, 4) is 11.5 Å². The van der Waals surface area contributed by atoms with Crippen LogP contribution in [-0.2, 0) is 6.54 Å². The van der Waals surface area contributed by atoms with E-state index in [0.717, 1.165) is 13.0 Å². The number of methoxy groups -OCH3 is 1. The first-order valence-corrected chi connectivity index (χ1v) is 7.52. The van der Waals surface area contributed by atoms with Crippen LogP contribution in [0.15, 0.2) is 23.2 Å². The van der Waals surface area contributed by atoms with Crippen LogP contribution in [0.2, 0.25) is 0 Å². The van der Waals surface area contributed by atoms with Gasteiger partial charge in [-0.05, 0) is 24.5 Å². The van der Waals surface area contributed by atoms with E-state index in [1.807, 2.05) is 0 Å². The van der Waals surface area contributed by atoms with E-state index in [1.54, 1.807) is 19.2 Å². The summed E-state index contributed by atoms with van der Waals surface area (Å²) in [5.74, 6) is 1.76. The minimum absolute atomic E-state index is 0.0875. The maximum Gasteiger partial charge on any atom is 0.387 e. The van der Waals surface area contributed by atoms with E-state index in [0.29, 0.717) is 29.7 Å². The van der Waals surface area contributed by atoms with Crippen molar-refractivity contribution in [3.63, 3.8) is 0 Å². The minimum atomic E-state index is -2.88. The molecule has 0 saturated heterocycles. The third-order valence-electron chi connectivity index (χ3n) is 3.17. The van der Waals surface area contributed by atoms with Crippen molar-refractivity contribution < 1.29 is 18.3 Å². The first kappa shape index (κ1) is 19.0. The van der Waals surface area contributed by atoms with Gasteiger partial charge in [0.2, 0.25) is 0 Å². The standard InChI is InChI=1S/C16H25F2N3O2/c1-11(2)7-8-20-16(19-3)21-10-12-5-6-13(22-4)9-14(12)23-15(17)18/h5-6,9,11,15H,7-8,10H2,1-4H3,(H2,19,20,21). The van der Waals surface area contributed by atoms with E-state index >= 15 is 0 Å². The second-order valence-electron chi connectivity index (χ2n) is 5.39. The fourth-order valence-corrected chi connectivity index (χ4v) is 1.89. The van der Waals surface area contributed by atoms with Crippen molar-refractivity contribution in [3.05, 3.63) is 23.8 Å². The Labute approximate surface area is 136 Å². The van der Waals surface area contributed by atoms with Gasteiger partial charge in [-0.25, -0.2) is 0 Å². The van der Waals surface area contributed by atoms with Gasteiger partial charge < -0.3 is 20.1 Å². The number of nitrogens with zero attached hydrogens (tertiary/aromatic N) is 1. The highest BCUT2D eigenvalue weighted by molar-refractivity contribution is 5.79. The number of aliphatic imine (C=N–C) groups is 1. The number of halogens is 2. The van der Waals surface area contributed by atoms with E-state index < -0.39 is 6.61 Å². The zero-order valence-corrected chi connectivity index (χ0v) is 14.0. The monoisotopic (exact) mass is 329 g/mol. The summed E-state index contributed by atoms with van der Waals surface area (Å²) in [7, 11) is 3.13. The van der Waals surface area contributed by atoms with Gasteiger partial charge in [-0.1, -0.05) is 13.8 Å². The lowest BCUT2D eigenvalue weighted by atomic mass is 10.1. The fraction of sp³-hybridized carbons (Fsp3) is 0.562. The normalized spacial score (nSPS) is 11.7. The Morgan fingerprint density at radius 2 is 2.00 bits per heavy atom.